The number of aromatic nitrogens is 2. The molecule has 3 rings (SSSR count). The van der Waals surface area contributed by atoms with E-state index >= 15 is 0 Å². The molecule has 0 spiro atoms. The summed E-state index contributed by atoms with van der Waals surface area (Å²) >= 11 is 7.42. The molecule has 1 amide bonds. The van der Waals surface area contributed by atoms with Gasteiger partial charge in [0.05, 0.1) is 15.6 Å². The van der Waals surface area contributed by atoms with Gasteiger partial charge < -0.3 is 0 Å². The first kappa shape index (κ1) is 15.7. The van der Waals surface area contributed by atoms with Crippen LogP contribution in [0.2, 0.25) is 5.02 Å². The molecule has 2 aromatic rings. The topological polar surface area (TPSA) is 58.5 Å². The van der Waals surface area contributed by atoms with Crippen LogP contribution in [0, 0.1) is 0 Å². The molecule has 0 radical (unpaired) electrons. The Hall–Kier alpha value is -2.18. The Morgan fingerprint density at radius 3 is 2.83 bits per heavy atom. The van der Waals surface area contributed by atoms with Crippen molar-refractivity contribution in [1.82, 2.24) is 14.9 Å². The van der Waals surface area contributed by atoms with Gasteiger partial charge in [-0.2, -0.15) is 0 Å². The number of rotatable bonds is 3. The molecule has 0 aliphatic carbocycles. The Morgan fingerprint density at radius 1 is 1.30 bits per heavy atom. The van der Waals surface area contributed by atoms with Gasteiger partial charge in [-0.15, -0.1) is 0 Å². The first-order valence-corrected chi connectivity index (χ1v) is 8.18. The number of hydrogen-bond acceptors (Lipinski definition) is 5. The fraction of sp³-hybridized carbons (Fsp3) is 0.125. The molecule has 0 unspecified atom stereocenters. The van der Waals surface area contributed by atoms with E-state index in [4.69, 9.17) is 11.6 Å². The molecule has 0 N–H and O–H groups in total. The highest BCUT2D eigenvalue weighted by atomic mass is 35.5. The zero-order valence-electron chi connectivity index (χ0n) is 12.3. The van der Waals surface area contributed by atoms with Crippen LogP contribution in [-0.4, -0.2) is 32.5 Å². The average Bonchev–Trinajstić information content (AvgIpc) is 2.85. The number of likely N-dealkylation sites (N-methyl/N-ethyl adjacent to an activating group) is 1. The number of nitrogens with zero attached hydrogens (tertiary/aromatic N) is 4. The van der Waals surface area contributed by atoms with Crippen molar-refractivity contribution in [1.29, 1.82) is 0 Å². The van der Waals surface area contributed by atoms with Crippen LogP contribution in [0.4, 0.5) is 5.69 Å². The highest BCUT2D eigenvalue weighted by Gasteiger charge is 2.32. The Kier molecular flexibility index (Phi) is 4.73. The van der Waals surface area contributed by atoms with Gasteiger partial charge in [0.2, 0.25) is 0 Å². The number of aliphatic imine (C=N–C) groups is 1. The summed E-state index contributed by atoms with van der Waals surface area (Å²) in [5.74, 6) is -0.0646. The molecule has 3 heterocycles. The van der Waals surface area contributed by atoms with E-state index in [1.165, 1.54) is 18.0 Å². The van der Waals surface area contributed by atoms with Gasteiger partial charge in [-0.05, 0) is 42.5 Å². The Bertz CT molecular complexity index is 792. The molecule has 1 saturated heterocycles. The number of thioether (sulfide) groups is 1. The third-order valence-corrected chi connectivity index (χ3v) is 4.45. The molecule has 5 nitrogen and oxygen atoms in total. The van der Waals surface area contributed by atoms with Gasteiger partial charge in [-0.3, -0.25) is 19.7 Å². The standard InChI is InChI=1S/C16H13ClN4OS/c1-2-21-15(22)14(8-11-4-3-6-18-9-11)23-16(21)20-13-5-7-19-10-12(13)17/h3-10H,2H2,1H3/b14-8-,20-16?. The monoisotopic (exact) mass is 344 g/mol. The summed E-state index contributed by atoms with van der Waals surface area (Å²) in [6.45, 7) is 2.45. The molecule has 116 valence electrons. The van der Waals surface area contributed by atoms with Crippen molar-refractivity contribution in [3.63, 3.8) is 0 Å². The number of hydrogen-bond donors (Lipinski definition) is 0. The molecule has 0 saturated carbocycles. The van der Waals surface area contributed by atoms with E-state index in [1.54, 1.807) is 29.6 Å². The molecule has 0 atom stereocenters. The van der Waals surface area contributed by atoms with Crippen molar-refractivity contribution in [2.75, 3.05) is 6.54 Å². The van der Waals surface area contributed by atoms with Gasteiger partial charge in [0.1, 0.15) is 0 Å². The average molecular weight is 345 g/mol. The first-order chi connectivity index (χ1) is 11.2. The van der Waals surface area contributed by atoms with Gasteiger partial charge in [0.25, 0.3) is 5.91 Å². The van der Waals surface area contributed by atoms with Gasteiger partial charge in [0.15, 0.2) is 5.17 Å². The van der Waals surface area contributed by atoms with Crippen LogP contribution in [0.25, 0.3) is 6.08 Å². The lowest BCUT2D eigenvalue weighted by Crippen LogP contribution is -2.28. The Labute approximate surface area is 143 Å². The van der Waals surface area contributed by atoms with Gasteiger partial charge in [-0.1, -0.05) is 17.7 Å². The minimum Gasteiger partial charge on any atom is -0.287 e. The van der Waals surface area contributed by atoms with E-state index in [0.717, 1.165) is 5.56 Å². The largest absolute Gasteiger partial charge is 0.287 e. The second kappa shape index (κ2) is 6.93. The van der Waals surface area contributed by atoms with Crippen LogP contribution in [0.3, 0.4) is 0 Å². The minimum atomic E-state index is -0.0646. The summed E-state index contributed by atoms with van der Waals surface area (Å²) in [5, 5.41) is 1.06. The third kappa shape index (κ3) is 3.43. The molecule has 0 aromatic carbocycles. The van der Waals surface area contributed by atoms with Crippen LogP contribution in [-0.2, 0) is 4.79 Å². The minimum absolute atomic E-state index is 0.0646. The van der Waals surface area contributed by atoms with E-state index in [9.17, 15) is 4.79 Å². The van der Waals surface area contributed by atoms with E-state index in [0.29, 0.717) is 27.3 Å². The summed E-state index contributed by atoms with van der Waals surface area (Å²) in [6, 6.07) is 5.45. The number of amidine groups is 1. The van der Waals surface area contributed by atoms with Crippen LogP contribution in [0.1, 0.15) is 12.5 Å². The van der Waals surface area contributed by atoms with Gasteiger partial charge in [0, 0.05) is 31.3 Å². The predicted octanol–water partition coefficient (Wildman–Crippen LogP) is 3.75. The lowest BCUT2D eigenvalue weighted by Gasteiger charge is -2.12. The molecular weight excluding hydrogens is 332 g/mol. The number of carbonyl (C=O) groups excluding carboxylic acids is 1. The zero-order valence-corrected chi connectivity index (χ0v) is 13.9. The summed E-state index contributed by atoms with van der Waals surface area (Å²) in [6.07, 6.45) is 8.38. The highest BCUT2D eigenvalue weighted by Crippen LogP contribution is 2.35. The summed E-state index contributed by atoms with van der Waals surface area (Å²) in [4.78, 5) is 27.3. The van der Waals surface area contributed by atoms with E-state index in [-0.39, 0.29) is 5.91 Å². The lowest BCUT2D eigenvalue weighted by molar-refractivity contribution is -0.122. The van der Waals surface area contributed by atoms with E-state index in [1.807, 2.05) is 25.1 Å². The predicted molar refractivity (Wildman–Crippen MR) is 93.5 cm³/mol. The van der Waals surface area contributed by atoms with Crippen molar-refractivity contribution in [2.24, 2.45) is 4.99 Å². The zero-order chi connectivity index (χ0) is 16.2. The smallest absolute Gasteiger partial charge is 0.266 e. The SMILES string of the molecule is CCN1C(=O)/C(=C/c2cccnc2)SC1=Nc1ccncc1Cl. The second-order valence-corrected chi connectivity index (χ2v) is 6.08. The fourth-order valence-electron chi connectivity index (χ4n) is 2.04. The molecule has 1 aliphatic rings. The molecular formula is C16H13ClN4OS. The molecule has 2 aromatic heterocycles. The molecule has 23 heavy (non-hydrogen) atoms. The lowest BCUT2D eigenvalue weighted by atomic mass is 10.2. The van der Waals surface area contributed by atoms with Crippen LogP contribution < -0.4 is 0 Å². The third-order valence-electron chi connectivity index (χ3n) is 3.15. The maximum Gasteiger partial charge on any atom is 0.266 e. The van der Waals surface area contributed by atoms with E-state index in [2.05, 4.69) is 15.0 Å². The number of amides is 1. The van der Waals surface area contributed by atoms with Crippen LogP contribution in [0.5, 0.6) is 0 Å². The Morgan fingerprint density at radius 2 is 2.13 bits per heavy atom. The molecule has 1 fully saturated rings. The summed E-state index contributed by atoms with van der Waals surface area (Å²) in [7, 11) is 0. The number of carbonyl (C=O) groups is 1. The maximum absolute atomic E-state index is 12.5. The molecule has 0 bridgehead atoms. The van der Waals surface area contributed by atoms with Gasteiger partial charge in [-0.25, -0.2) is 4.99 Å². The normalized spacial score (nSPS) is 18.2. The number of pyridine rings is 2. The van der Waals surface area contributed by atoms with Crippen molar-refractivity contribution in [2.45, 2.75) is 6.92 Å². The van der Waals surface area contributed by atoms with Crippen molar-refractivity contribution in [3.8, 4) is 0 Å². The molecule has 1 aliphatic heterocycles. The quantitative estimate of drug-likeness (QED) is 0.795. The van der Waals surface area contributed by atoms with Crippen molar-refractivity contribution >= 4 is 46.2 Å². The number of halogens is 1. The van der Waals surface area contributed by atoms with Crippen LogP contribution in [0.15, 0.2) is 52.9 Å². The Balaban J connectivity index is 1.95. The fourth-order valence-corrected chi connectivity index (χ4v) is 3.26. The van der Waals surface area contributed by atoms with Crippen molar-refractivity contribution < 1.29 is 4.79 Å². The first-order valence-electron chi connectivity index (χ1n) is 6.98. The maximum atomic E-state index is 12.5. The van der Waals surface area contributed by atoms with Gasteiger partial charge >= 0.3 is 0 Å². The highest BCUT2D eigenvalue weighted by molar-refractivity contribution is 8.18. The molecule has 7 heteroatoms. The summed E-state index contributed by atoms with van der Waals surface area (Å²) < 4.78 is 0. The van der Waals surface area contributed by atoms with Crippen molar-refractivity contribution in [3.05, 3.63) is 58.5 Å². The summed E-state index contributed by atoms with van der Waals surface area (Å²) in [5.41, 5.74) is 1.47. The van der Waals surface area contributed by atoms with Crippen LogP contribution >= 0.6 is 23.4 Å². The van der Waals surface area contributed by atoms with E-state index < -0.39 is 0 Å². The second-order valence-electron chi connectivity index (χ2n) is 4.67.